The topological polar surface area (TPSA) is 79.9 Å². The summed E-state index contributed by atoms with van der Waals surface area (Å²) >= 11 is 0. The van der Waals surface area contributed by atoms with Gasteiger partial charge >= 0.3 is 0 Å². The predicted octanol–water partition coefficient (Wildman–Crippen LogP) is 5.38. The van der Waals surface area contributed by atoms with Gasteiger partial charge in [-0.1, -0.05) is 23.3 Å². The van der Waals surface area contributed by atoms with Gasteiger partial charge in [0.05, 0.1) is 12.5 Å². The molecular formula is C24H26O5. The number of hydrogen-bond donors (Lipinski definition) is 2. The van der Waals surface area contributed by atoms with E-state index in [2.05, 4.69) is 0 Å². The first-order valence-electron chi connectivity index (χ1n) is 9.51. The lowest BCUT2D eigenvalue weighted by Gasteiger charge is -2.13. The summed E-state index contributed by atoms with van der Waals surface area (Å²) in [5.74, 6) is 0.238. The zero-order chi connectivity index (χ0) is 21.3. The molecule has 1 heterocycles. The fraction of sp³-hybridized carbons (Fsp3) is 0.292. The maximum absolute atomic E-state index is 13.5. The van der Waals surface area contributed by atoms with E-state index in [0.29, 0.717) is 40.7 Å². The molecule has 0 bridgehead atoms. The summed E-state index contributed by atoms with van der Waals surface area (Å²) in [5, 5.41) is 21.6. The Morgan fingerprint density at radius 1 is 0.966 bits per heavy atom. The summed E-state index contributed by atoms with van der Waals surface area (Å²) in [7, 11) is 1.56. The van der Waals surface area contributed by atoms with Crippen LogP contribution in [0.2, 0.25) is 0 Å². The van der Waals surface area contributed by atoms with Crippen LogP contribution in [0.15, 0.2) is 50.7 Å². The third kappa shape index (κ3) is 3.86. The summed E-state index contributed by atoms with van der Waals surface area (Å²) in [4.78, 5) is 13.5. The van der Waals surface area contributed by atoms with Crippen molar-refractivity contribution >= 4 is 21.9 Å². The molecule has 152 valence electrons. The average molecular weight is 394 g/mol. The van der Waals surface area contributed by atoms with Crippen LogP contribution in [0.25, 0.3) is 21.9 Å². The Bertz CT molecular complexity index is 1200. The van der Waals surface area contributed by atoms with E-state index in [-0.39, 0.29) is 27.9 Å². The fourth-order valence-corrected chi connectivity index (χ4v) is 3.36. The molecule has 5 heteroatoms. The van der Waals surface area contributed by atoms with E-state index in [0.717, 1.165) is 11.1 Å². The quantitative estimate of drug-likeness (QED) is 0.448. The Balaban J connectivity index is 2.40. The third-order valence-corrected chi connectivity index (χ3v) is 4.90. The minimum absolute atomic E-state index is 0.0687. The molecule has 2 N–H and O–H groups in total. The van der Waals surface area contributed by atoms with Gasteiger partial charge < -0.3 is 19.4 Å². The van der Waals surface area contributed by atoms with Crippen molar-refractivity contribution < 1.29 is 19.4 Å². The molecule has 0 spiro atoms. The smallest absolute Gasteiger partial charge is 0.204 e. The minimum atomic E-state index is -0.340. The third-order valence-electron chi connectivity index (χ3n) is 4.90. The van der Waals surface area contributed by atoms with Crippen LogP contribution in [-0.4, -0.2) is 17.3 Å². The van der Waals surface area contributed by atoms with Gasteiger partial charge in [-0.05, 0) is 52.7 Å². The highest BCUT2D eigenvalue weighted by atomic mass is 16.5. The van der Waals surface area contributed by atoms with Crippen LogP contribution in [0.4, 0.5) is 0 Å². The first-order valence-corrected chi connectivity index (χ1v) is 9.51. The van der Waals surface area contributed by atoms with Crippen molar-refractivity contribution in [2.45, 2.75) is 40.5 Å². The maximum atomic E-state index is 13.5. The molecule has 29 heavy (non-hydrogen) atoms. The largest absolute Gasteiger partial charge is 0.507 e. The summed E-state index contributed by atoms with van der Waals surface area (Å²) < 4.78 is 11.4. The van der Waals surface area contributed by atoms with Gasteiger partial charge in [0.1, 0.15) is 33.8 Å². The number of rotatable bonds is 5. The van der Waals surface area contributed by atoms with E-state index in [1.54, 1.807) is 19.2 Å². The Morgan fingerprint density at radius 2 is 1.59 bits per heavy atom. The molecule has 0 aliphatic rings. The molecule has 0 aliphatic heterocycles. The van der Waals surface area contributed by atoms with Crippen molar-refractivity contribution in [3.8, 4) is 17.2 Å². The number of allylic oxidation sites excluding steroid dienone is 4. The molecule has 0 atom stereocenters. The highest BCUT2D eigenvalue weighted by Crippen LogP contribution is 2.37. The van der Waals surface area contributed by atoms with Crippen LogP contribution in [0.1, 0.15) is 38.8 Å². The highest BCUT2D eigenvalue weighted by molar-refractivity contribution is 5.97. The minimum Gasteiger partial charge on any atom is -0.507 e. The molecule has 3 aromatic rings. The second-order valence-corrected chi connectivity index (χ2v) is 7.62. The average Bonchev–Trinajstić information content (AvgIpc) is 2.65. The maximum Gasteiger partial charge on any atom is 0.204 e. The molecule has 5 nitrogen and oxygen atoms in total. The van der Waals surface area contributed by atoms with Crippen molar-refractivity contribution in [2.75, 3.05) is 7.11 Å². The van der Waals surface area contributed by atoms with Crippen LogP contribution in [0.5, 0.6) is 17.2 Å². The van der Waals surface area contributed by atoms with E-state index in [9.17, 15) is 15.0 Å². The molecule has 0 fully saturated rings. The van der Waals surface area contributed by atoms with Crippen molar-refractivity contribution in [3.05, 3.63) is 62.8 Å². The molecule has 0 aliphatic carbocycles. The zero-order valence-electron chi connectivity index (χ0n) is 17.4. The second kappa shape index (κ2) is 8.03. The van der Waals surface area contributed by atoms with Crippen molar-refractivity contribution in [2.24, 2.45) is 0 Å². The lowest BCUT2D eigenvalue weighted by molar-refractivity contribution is 0.411. The van der Waals surface area contributed by atoms with Crippen LogP contribution in [0.3, 0.4) is 0 Å². The molecule has 2 aromatic carbocycles. The number of methoxy groups -OCH3 is 1. The van der Waals surface area contributed by atoms with Gasteiger partial charge in [-0.2, -0.15) is 0 Å². The van der Waals surface area contributed by atoms with Crippen molar-refractivity contribution in [3.63, 3.8) is 0 Å². The Morgan fingerprint density at radius 3 is 2.17 bits per heavy atom. The van der Waals surface area contributed by atoms with Gasteiger partial charge in [-0.25, -0.2) is 0 Å². The van der Waals surface area contributed by atoms with Crippen LogP contribution >= 0.6 is 0 Å². The monoisotopic (exact) mass is 394 g/mol. The number of aromatic hydroxyl groups is 2. The molecule has 0 amide bonds. The fourth-order valence-electron chi connectivity index (χ4n) is 3.36. The number of hydrogen-bond acceptors (Lipinski definition) is 5. The van der Waals surface area contributed by atoms with E-state index in [1.165, 1.54) is 6.07 Å². The summed E-state index contributed by atoms with van der Waals surface area (Å²) in [6.45, 7) is 7.83. The normalized spacial score (nSPS) is 10.9. The Hall–Kier alpha value is -3.21. The van der Waals surface area contributed by atoms with E-state index in [1.807, 2.05) is 39.8 Å². The second-order valence-electron chi connectivity index (χ2n) is 7.62. The molecular weight excluding hydrogens is 368 g/mol. The number of phenols is 2. The highest BCUT2D eigenvalue weighted by Gasteiger charge is 2.21. The first-order chi connectivity index (χ1) is 13.7. The van der Waals surface area contributed by atoms with Gasteiger partial charge in [0.15, 0.2) is 0 Å². The number of benzene rings is 2. The lowest BCUT2D eigenvalue weighted by atomic mass is 9.99. The number of fused-ring (bicyclic) bond motifs is 2. The standard InChI is InChI=1S/C24H26O5/c1-13(2)6-8-15-17(25)12-20-22(23(15)26)24(27)21-16(9-7-14(3)4)18(28-5)10-11-19(21)29-20/h6-7,10-12,25-26H,8-9H2,1-5H3. The molecule has 0 saturated heterocycles. The first kappa shape index (κ1) is 20.5. The summed E-state index contributed by atoms with van der Waals surface area (Å²) in [5.41, 5.74) is 3.37. The number of ether oxygens (including phenoxy) is 1. The molecule has 3 rings (SSSR count). The van der Waals surface area contributed by atoms with Crippen molar-refractivity contribution in [1.82, 2.24) is 0 Å². The van der Waals surface area contributed by atoms with Crippen LogP contribution in [-0.2, 0) is 12.8 Å². The van der Waals surface area contributed by atoms with Crippen LogP contribution < -0.4 is 10.2 Å². The summed E-state index contributed by atoms with van der Waals surface area (Å²) in [6.07, 6.45) is 4.71. The van der Waals surface area contributed by atoms with Crippen molar-refractivity contribution in [1.29, 1.82) is 0 Å². The zero-order valence-corrected chi connectivity index (χ0v) is 17.4. The molecule has 1 aromatic heterocycles. The van der Waals surface area contributed by atoms with Gasteiger partial charge in [0.2, 0.25) is 5.43 Å². The number of phenolic OH excluding ortho intramolecular Hbond substituents is 2. The van der Waals surface area contributed by atoms with Gasteiger partial charge in [-0.15, -0.1) is 0 Å². The Kier molecular flexibility index (Phi) is 5.69. The Labute approximate surface area is 169 Å². The molecule has 0 unspecified atom stereocenters. The van der Waals surface area contributed by atoms with Gasteiger partial charge in [0, 0.05) is 17.2 Å². The summed E-state index contributed by atoms with van der Waals surface area (Å²) in [6, 6.07) is 4.82. The van der Waals surface area contributed by atoms with E-state index < -0.39 is 0 Å². The van der Waals surface area contributed by atoms with Gasteiger partial charge in [-0.3, -0.25) is 4.79 Å². The van der Waals surface area contributed by atoms with E-state index >= 15 is 0 Å². The lowest BCUT2D eigenvalue weighted by Crippen LogP contribution is -2.07. The SMILES string of the molecule is COc1ccc2oc3cc(O)c(CC=C(C)C)c(O)c3c(=O)c2c1CC=C(C)C. The predicted molar refractivity (Wildman–Crippen MR) is 116 cm³/mol. The molecule has 0 saturated carbocycles. The van der Waals surface area contributed by atoms with Crippen LogP contribution in [0, 0.1) is 0 Å². The molecule has 0 radical (unpaired) electrons. The van der Waals surface area contributed by atoms with E-state index in [4.69, 9.17) is 9.15 Å². The van der Waals surface area contributed by atoms with Gasteiger partial charge in [0.25, 0.3) is 0 Å².